The Bertz CT molecular complexity index is 869. The van der Waals surface area contributed by atoms with E-state index in [9.17, 15) is 9.59 Å². The molecule has 8 heteroatoms. The largest absolute Gasteiger partial charge is 0.493 e. The maximum absolute atomic E-state index is 12.2. The normalized spacial score (nSPS) is 10.5. The second-order valence-corrected chi connectivity index (χ2v) is 7.63. The zero-order valence-corrected chi connectivity index (χ0v) is 19.2. The summed E-state index contributed by atoms with van der Waals surface area (Å²) in [6, 6.07) is 10.5. The fourth-order valence-corrected chi connectivity index (χ4v) is 3.23. The molecule has 2 N–H and O–H groups in total. The predicted octanol–water partition coefficient (Wildman–Crippen LogP) is 3.34. The van der Waals surface area contributed by atoms with Crippen molar-refractivity contribution in [3.05, 3.63) is 52.0 Å². The summed E-state index contributed by atoms with van der Waals surface area (Å²) in [5.41, 5.74) is 1.44. The number of amides is 2. The highest BCUT2D eigenvalue weighted by molar-refractivity contribution is 9.10. The Labute approximate surface area is 185 Å². The van der Waals surface area contributed by atoms with E-state index in [1.54, 1.807) is 38.5 Å². The topological polar surface area (TPSA) is 85.9 Å². The number of halogens is 1. The SMILES string of the molecule is COc1cc(Br)c(CCNC(=O)CNC(=O)c2ccc(OC(C)C)cc2)cc1OC. The van der Waals surface area contributed by atoms with Gasteiger partial charge in [0.05, 0.1) is 26.9 Å². The minimum Gasteiger partial charge on any atom is -0.493 e. The summed E-state index contributed by atoms with van der Waals surface area (Å²) in [4.78, 5) is 24.2. The minimum atomic E-state index is -0.316. The smallest absolute Gasteiger partial charge is 0.251 e. The first kappa shape index (κ1) is 23.5. The lowest BCUT2D eigenvalue weighted by molar-refractivity contribution is -0.120. The van der Waals surface area contributed by atoms with Crippen LogP contribution in [0.15, 0.2) is 40.9 Å². The maximum atomic E-state index is 12.2. The molecule has 2 aromatic carbocycles. The van der Waals surface area contributed by atoms with Gasteiger partial charge >= 0.3 is 0 Å². The molecule has 0 aliphatic rings. The van der Waals surface area contributed by atoms with Gasteiger partial charge in [-0.2, -0.15) is 0 Å². The van der Waals surface area contributed by atoms with E-state index in [4.69, 9.17) is 14.2 Å². The average Bonchev–Trinajstić information content (AvgIpc) is 2.72. The molecule has 7 nitrogen and oxygen atoms in total. The van der Waals surface area contributed by atoms with E-state index in [0.29, 0.717) is 35.8 Å². The van der Waals surface area contributed by atoms with Gasteiger partial charge < -0.3 is 24.8 Å². The molecule has 0 aliphatic carbocycles. The highest BCUT2D eigenvalue weighted by atomic mass is 79.9. The van der Waals surface area contributed by atoms with E-state index in [2.05, 4.69) is 26.6 Å². The molecule has 2 amide bonds. The molecule has 162 valence electrons. The fraction of sp³-hybridized carbons (Fsp3) is 0.364. The standard InChI is InChI=1S/C22H27BrN2O5/c1-14(2)30-17-7-5-15(6-8-17)22(27)25-13-21(26)24-10-9-16-11-19(28-3)20(29-4)12-18(16)23/h5-8,11-12,14H,9-10,13H2,1-4H3,(H,24,26)(H,25,27). The molecule has 0 saturated heterocycles. The zero-order valence-electron chi connectivity index (χ0n) is 17.6. The summed E-state index contributed by atoms with van der Waals surface area (Å²) >= 11 is 3.50. The first-order chi connectivity index (χ1) is 14.3. The van der Waals surface area contributed by atoms with Crippen molar-refractivity contribution in [2.24, 2.45) is 0 Å². The lowest BCUT2D eigenvalue weighted by Gasteiger charge is -2.12. The van der Waals surface area contributed by atoms with Crippen LogP contribution in [0.5, 0.6) is 17.2 Å². The van der Waals surface area contributed by atoms with E-state index in [1.807, 2.05) is 26.0 Å². The Morgan fingerprint density at radius 3 is 2.23 bits per heavy atom. The molecule has 0 fully saturated rings. The number of nitrogens with one attached hydrogen (secondary N) is 2. The average molecular weight is 479 g/mol. The van der Waals surface area contributed by atoms with Crippen LogP contribution < -0.4 is 24.8 Å². The summed E-state index contributed by atoms with van der Waals surface area (Å²) in [5.74, 6) is 1.37. The summed E-state index contributed by atoms with van der Waals surface area (Å²) in [6.45, 7) is 4.19. The first-order valence-electron chi connectivity index (χ1n) is 9.56. The number of hydrogen-bond acceptors (Lipinski definition) is 5. The summed E-state index contributed by atoms with van der Waals surface area (Å²) in [7, 11) is 3.15. The summed E-state index contributed by atoms with van der Waals surface area (Å²) < 4.78 is 17.0. The van der Waals surface area contributed by atoms with E-state index in [0.717, 1.165) is 10.0 Å². The van der Waals surface area contributed by atoms with Gasteiger partial charge in [-0.1, -0.05) is 15.9 Å². The van der Waals surface area contributed by atoms with Gasteiger partial charge in [-0.05, 0) is 62.2 Å². The lowest BCUT2D eigenvalue weighted by atomic mass is 10.1. The van der Waals surface area contributed by atoms with Gasteiger partial charge in [-0.3, -0.25) is 9.59 Å². The Hall–Kier alpha value is -2.74. The van der Waals surface area contributed by atoms with Gasteiger partial charge in [-0.15, -0.1) is 0 Å². The molecular formula is C22H27BrN2O5. The van der Waals surface area contributed by atoms with Crippen LogP contribution in [0.3, 0.4) is 0 Å². The van der Waals surface area contributed by atoms with Crippen LogP contribution in [-0.4, -0.2) is 45.2 Å². The molecule has 0 aromatic heterocycles. The molecule has 0 bridgehead atoms. The molecular weight excluding hydrogens is 452 g/mol. The second kappa shape index (κ2) is 11.4. The Morgan fingerprint density at radius 2 is 1.63 bits per heavy atom. The van der Waals surface area contributed by atoms with Crippen molar-refractivity contribution in [3.63, 3.8) is 0 Å². The van der Waals surface area contributed by atoms with Gasteiger partial charge in [0.15, 0.2) is 11.5 Å². The van der Waals surface area contributed by atoms with Crippen molar-refractivity contribution in [3.8, 4) is 17.2 Å². The van der Waals surface area contributed by atoms with Crippen LogP contribution in [0.1, 0.15) is 29.8 Å². The number of carbonyl (C=O) groups excluding carboxylic acids is 2. The number of ether oxygens (including phenoxy) is 3. The number of rotatable bonds is 10. The molecule has 0 radical (unpaired) electrons. The number of methoxy groups -OCH3 is 2. The molecule has 0 spiro atoms. The Morgan fingerprint density at radius 1 is 1.00 bits per heavy atom. The molecule has 30 heavy (non-hydrogen) atoms. The molecule has 0 unspecified atom stereocenters. The molecule has 2 rings (SSSR count). The fourth-order valence-electron chi connectivity index (χ4n) is 2.71. The highest BCUT2D eigenvalue weighted by Gasteiger charge is 2.11. The molecule has 0 saturated carbocycles. The second-order valence-electron chi connectivity index (χ2n) is 6.77. The van der Waals surface area contributed by atoms with Crippen molar-refractivity contribution in [1.29, 1.82) is 0 Å². The summed E-state index contributed by atoms with van der Waals surface area (Å²) in [6.07, 6.45) is 0.658. The predicted molar refractivity (Wildman–Crippen MR) is 118 cm³/mol. The Kier molecular flexibility index (Phi) is 8.98. The van der Waals surface area contributed by atoms with Crippen molar-refractivity contribution in [2.75, 3.05) is 27.3 Å². The molecule has 0 atom stereocenters. The van der Waals surface area contributed by atoms with Crippen molar-refractivity contribution >= 4 is 27.7 Å². The van der Waals surface area contributed by atoms with Gasteiger partial charge in [0.1, 0.15) is 5.75 Å². The maximum Gasteiger partial charge on any atom is 0.251 e. The quantitative estimate of drug-likeness (QED) is 0.546. The molecule has 0 heterocycles. The van der Waals surface area contributed by atoms with Crippen molar-refractivity contribution < 1.29 is 23.8 Å². The van der Waals surface area contributed by atoms with E-state index >= 15 is 0 Å². The first-order valence-corrected chi connectivity index (χ1v) is 10.3. The van der Waals surface area contributed by atoms with Crippen LogP contribution in [0.4, 0.5) is 0 Å². The van der Waals surface area contributed by atoms with Gasteiger partial charge in [0.2, 0.25) is 5.91 Å². The van der Waals surface area contributed by atoms with Crippen LogP contribution in [-0.2, 0) is 11.2 Å². The highest BCUT2D eigenvalue weighted by Crippen LogP contribution is 2.33. The number of hydrogen-bond donors (Lipinski definition) is 2. The minimum absolute atomic E-state index is 0.0630. The number of carbonyl (C=O) groups is 2. The molecule has 2 aromatic rings. The lowest BCUT2D eigenvalue weighted by Crippen LogP contribution is -2.37. The van der Waals surface area contributed by atoms with Crippen LogP contribution >= 0.6 is 15.9 Å². The van der Waals surface area contributed by atoms with Crippen LogP contribution in [0.25, 0.3) is 0 Å². The summed E-state index contributed by atoms with van der Waals surface area (Å²) in [5, 5.41) is 5.41. The Balaban J connectivity index is 1.79. The number of benzene rings is 2. The van der Waals surface area contributed by atoms with Crippen LogP contribution in [0.2, 0.25) is 0 Å². The third kappa shape index (κ3) is 6.95. The third-order valence-electron chi connectivity index (χ3n) is 4.17. The van der Waals surface area contributed by atoms with Gasteiger partial charge in [0, 0.05) is 16.6 Å². The van der Waals surface area contributed by atoms with E-state index in [1.165, 1.54) is 0 Å². The monoisotopic (exact) mass is 478 g/mol. The van der Waals surface area contributed by atoms with E-state index < -0.39 is 0 Å². The van der Waals surface area contributed by atoms with Crippen LogP contribution in [0, 0.1) is 0 Å². The van der Waals surface area contributed by atoms with Crippen molar-refractivity contribution in [1.82, 2.24) is 10.6 Å². The van der Waals surface area contributed by atoms with E-state index in [-0.39, 0.29) is 24.5 Å². The molecule has 0 aliphatic heterocycles. The van der Waals surface area contributed by atoms with Crippen molar-refractivity contribution in [2.45, 2.75) is 26.4 Å². The third-order valence-corrected chi connectivity index (χ3v) is 4.91. The zero-order chi connectivity index (χ0) is 22.1. The van der Waals surface area contributed by atoms with Gasteiger partial charge in [-0.25, -0.2) is 0 Å². The van der Waals surface area contributed by atoms with Gasteiger partial charge in [0.25, 0.3) is 5.91 Å².